The van der Waals surface area contributed by atoms with Crippen molar-refractivity contribution in [1.82, 2.24) is 4.90 Å². The van der Waals surface area contributed by atoms with Crippen LogP contribution in [0.1, 0.15) is 13.3 Å². The average molecular weight is 479 g/mol. The summed E-state index contributed by atoms with van der Waals surface area (Å²) < 4.78 is 10.0. The molecular formula is C22H26N2O6S2. The van der Waals surface area contributed by atoms with Gasteiger partial charge in [-0.1, -0.05) is 43.1 Å². The number of esters is 1. The molecule has 1 fully saturated rings. The lowest BCUT2D eigenvalue weighted by Crippen LogP contribution is -2.43. The topological polar surface area (TPSA) is 102 Å². The van der Waals surface area contributed by atoms with Crippen LogP contribution in [0, 0.1) is 0 Å². The van der Waals surface area contributed by atoms with Gasteiger partial charge in [-0.25, -0.2) is 4.79 Å². The minimum Gasteiger partial charge on any atom is -0.461 e. The largest absolute Gasteiger partial charge is 0.461 e. The molecule has 2 rings (SSSR count). The van der Waals surface area contributed by atoms with Crippen LogP contribution in [0.2, 0.25) is 0 Å². The summed E-state index contributed by atoms with van der Waals surface area (Å²) in [5.41, 5.74) is 0.529. The Morgan fingerprint density at radius 1 is 1.19 bits per heavy atom. The third kappa shape index (κ3) is 8.08. The molecule has 0 unspecified atom stereocenters. The summed E-state index contributed by atoms with van der Waals surface area (Å²) in [6.45, 7) is 8.89. The summed E-state index contributed by atoms with van der Waals surface area (Å²) in [6.07, 6.45) is 2.65. The lowest BCUT2D eigenvalue weighted by Gasteiger charge is -2.23. The highest BCUT2D eigenvalue weighted by atomic mass is 32.2. The summed E-state index contributed by atoms with van der Waals surface area (Å²) >= 11 is 2.39. The number of likely N-dealkylation sites (tertiary alicyclic amines) is 1. The van der Waals surface area contributed by atoms with E-state index in [0.29, 0.717) is 12.1 Å². The Morgan fingerprint density at radius 2 is 1.91 bits per heavy atom. The van der Waals surface area contributed by atoms with Gasteiger partial charge in [0.25, 0.3) is 0 Å². The maximum atomic E-state index is 13.0. The highest BCUT2D eigenvalue weighted by Gasteiger charge is 2.41. The molecule has 8 nitrogen and oxygen atoms in total. The number of hydrogen-bond acceptors (Lipinski definition) is 8. The molecule has 1 aromatic rings. The SMILES string of the molecule is C=CCOC(=O)CSc1cccc(NC(=O)[C@@H]2C[C@H](SC(C)=O)CN2C(=O)OCC=C)c1. The fraction of sp³-hybridized carbons (Fsp3) is 0.364. The summed E-state index contributed by atoms with van der Waals surface area (Å²) in [6, 6.07) is 6.26. The number of nitrogens with zero attached hydrogens (tertiary/aromatic N) is 1. The maximum Gasteiger partial charge on any atom is 0.410 e. The predicted molar refractivity (Wildman–Crippen MR) is 126 cm³/mol. The molecule has 1 aromatic carbocycles. The number of carbonyl (C=O) groups is 4. The van der Waals surface area contributed by atoms with Gasteiger partial charge in [-0.2, -0.15) is 0 Å². The molecule has 0 radical (unpaired) electrons. The number of hydrogen-bond donors (Lipinski definition) is 1. The molecule has 1 aliphatic rings. The monoisotopic (exact) mass is 478 g/mol. The van der Waals surface area contributed by atoms with Crippen LogP contribution in [0.5, 0.6) is 0 Å². The Hall–Kier alpha value is -2.72. The highest BCUT2D eigenvalue weighted by molar-refractivity contribution is 8.14. The zero-order chi connectivity index (χ0) is 23.5. The van der Waals surface area contributed by atoms with Gasteiger partial charge in [-0.15, -0.1) is 11.8 Å². The van der Waals surface area contributed by atoms with Crippen molar-refractivity contribution in [3.05, 3.63) is 49.6 Å². The first kappa shape index (κ1) is 25.5. The number of benzene rings is 1. The summed E-state index contributed by atoms with van der Waals surface area (Å²) in [4.78, 5) is 50.6. The third-order valence-corrected chi connectivity index (χ3v) is 6.25. The Morgan fingerprint density at radius 3 is 2.59 bits per heavy atom. The van der Waals surface area contributed by atoms with E-state index in [9.17, 15) is 19.2 Å². The number of ether oxygens (including phenoxy) is 2. The fourth-order valence-electron chi connectivity index (χ4n) is 3.01. The lowest BCUT2D eigenvalue weighted by atomic mass is 10.2. The molecule has 2 amide bonds. The maximum absolute atomic E-state index is 13.0. The van der Waals surface area contributed by atoms with Crippen molar-refractivity contribution in [3.63, 3.8) is 0 Å². The van der Waals surface area contributed by atoms with Crippen molar-refractivity contribution in [2.45, 2.75) is 29.5 Å². The first-order valence-corrected chi connectivity index (χ1v) is 11.7. The first-order chi connectivity index (χ1) is 15.3. The third-order valence-electron chi connectivity index (χ3n) is 4.28. The van der Waals surface area contributed by atoms with Gasteiger partial charge in [0.1, 0.15) is 19.3 Å². The molecule has 0 saturated carbocycles. The van der Waals surface area contributed by atoms with Gasteiger partial charge in [0.15, 0.2) is 5.12 Å². The number of thioether (sulfide) groups is 2. The lowest BCUT2D eigenvalue weighted by molar-refractivity contribution is -0.139. The Kier molecular flexibility index (Phi) is 10.4. The van der Waals surface area contributed by atoms with Crippen molar-refractivity contribution in [2.24, 2.45) is 0 Å². The summed E-state index contributed by atoms with van der Waals surface area (Å²) in [5.74, 6) is -0.612. The van der Waals surface area contributed by atoms with Crippen molar-refractivity contribution in [3.8, 4) is 0 Å². The minimum atomic E-state index is -0.769. The van der Waals surface area contributed by atoms with Crippen molar-refractivity contribution in [1.29, 1.82) is 0 Å². The van der Waals surface area contributed by atoms with Crippen LogP contribution in [-0.2, 0) is 23.9 Å². The van der Waals surface area contributed by atoms with E-state index < -0.39 is 12.1 Å². The van der Waals surface area contributed by atoms with Gasteiger partial charge in [0.2, 0.25) is 5.91 Å². The molecule has 1 N–H and O–H groups in total. The van der Waals surface area contributed by atoms with Gasteiger partial charge in [-0.05, 0) is 24.6 Å². The Balaban J connectivity index is 2.03. The highest BCUT2D eigenvalue weighted by Crippen LogP contribution is 2.30. The average Bonchev–Trinajstić information content (AvgIpc) is 3.18. The normalized spacial score (nSPS) is 17.3. The molecule has 172 valence electrons. The molecule has 32 heavy (non-hydrogen) atoms. The smallest absolute Gasteiger partial charge is 0.410 e. The minimum absolute atomic E-state index is 0.0304. The van der Waals surface area contributed by atoms with Crippen LogP contribution in [0.3, 0.4) is 0 Å². The number of anilines is 1. The van der Waals surface area contributed by atoms with Crippen LogP contribution in [-0.4, -0.2) is 64.8 Å². The molecule has 0 aliphatic carbocycles. The van der Waals surface area contributed by atoms with E-state index in [1.807, 2.05) is 6.07 Å². The second-order valence-electron chi connectivity index (χ2n) is 6.78. The molecular weight excluding hydrogens is 452 g/mol. The summed E-state index contributed by atoms with van der Waals surface area (Å²) in [5, 5.41) is 2.55. The van der Waals surface area contributed by atoms with E-state index in [1.165, 1.54) is 35.7 Å². The van der Waals surface area contributed by atoms with E-state index >= 15 is 0 Å². The molecule has 0 spiro atoms. The van der Waals surface area contributed by atoms with Gasteiger partial charge in [0.05, 0.1) is 5.75 Å². The fourth-order valence-corrected chi connectivity index (χ4v) is 4.74. The second-order valence-corrected chi connectivity index (χ2v) is 9.30. The van der Waals surface area contributed by atoms with Gasteiger partial charge >= 0.3 is 12.1 Å². The Bertz CT molecular complexity index is 876. The molecule has 1 aliphatic heterocycles. The quantitative estimate of drug-likeness (QED) is 0.310. The van der Waals surface area contributed by atoms with E-state index in [2.05, 4.69) is 18.5 Å². The summed E-state index contributed by atoms with van der Waals surface area (Å²) in [7, 11) is 0. The van der Waals surface area contributed by atoms with Crippen LogP contribution in [0.4, 0.5) is 10.5 Å². The van der Waals surface area contributed by atoms with Crippen molar-refractivity contribution >= 4 is 52.3 Å². The second kappa shape index (κ2) is 13.0. The van der Waals surface area contributed by atoms with Crippen LogP contribution < -0.4 is 5.32 Å². The molecule has 1 saturated heterocycles. The van der Waals surface area contributed by atoms with Crippen molar-refractivity contribution < 1.29 is 28.7 Å². The predicted octanol–water partition coefficient (Wildman–Crippen LogP) is 3.49. The molecule has 10 heteroatoms. The van der Waals surface area contributed by atoms with Crippen LogP contribution in [0.15, 0.2) is 54.5 Å². The van der Waals surface area contributed by atoms with Gasteiger partial charge in [0, 0.05) is 29.3 Å². The van der Waals surface area contributed by atoms with Gasteiger partial charge in [-0.3, -0.25) is 19.3 Å². The molecule has 0 bridgehead atoms. The van der Waals surface area contributed by atoms with Crippen LogP contribution in [0.25, 0.3) is 0 Å². The van der Waals surface area contributed by atoms with E-state index in [1.54, 1.807) is 18.2 Å². The van der Waals surface area contributed by atoms with Crippen molar-refractivity contribution in [2.75, 3.05) is 30.8 Å². The van der Waals surface area contributed by atoms with E-state index in [4.69, 9.17) is 9.47 Å². The standard InChI is InChI=1S/C22H26N2O6S2/c1-4-9-29-20(26)14-31-17-8-6-7-16(11-17)23-21(27)19-12-18(32-15(3)25)13-24(19)22(28)30-10-5-2/h4-8,11,18-19H,1-2,9-10,12-14H2,3H3,(H,23,27)/t18-,19-/m0/s1. The van der Waals surface area contributed by atoms with Crippen LogP contribution >= 0.6 is 23.5 Å². The van der Waals surface area contributed by atoms with E-state index in [0.717, 1.165) is 16.7 Å². The Labute approximate surface area is 195 Å². The van der Waals surface area contributed by atoms with Gasteiger partial charge < -0.3 is 14.8 Å². The number of carbonyl (C=O) groups excluding carboxylic acids is 4. The van der Waals surface area contributed by atoms with E-state index in [-0.39, 0.29) is 47.8 Å². The molecule has 2 atom stereocenters. The number of amides is 2. The molecule has 0 aromatic heterocycles. The first-order valence-electron chi connectivity index (χ1n) is 9.85. The zero-order valence-electron chi connectivity index (χ0n) is 17.8. The number of nitrogens with one attached hydrogen (secondary N) is 1. The molecule has 1 heterocycles. The zero-order valence-corrected chi connectivity index (χ0v) is 19.4. The number of rotatable bonds is 10.